The summed E-state index contributed by atoms with van der Waals surface area (Å²) in [7, 11) is 0. The van der Waals surface area contributed by atoms with Gasteiger partial charge < -0.3 is 10.5 Å². The lowest BCUT2D eigenvalue weighted by Gasteiger charge is -2.39. The Morgan fingerprint density at radius 3 is 2.78 bits per heavy atom. The first kappa shape index (κ1) is 13.5. The molecule has 0 radical (unpaired) electrons. The zero-order valence-electron chi connectivity index (χ0n) is 11.4. The zero-order valence-corrected chi connectivity index (χ0v) is 11.4. The van der Waals surface area contributed by atoms with Crippen LogP contribution in [0.1, 0.15) is 31.9 Å². The van der Waals surface area contributed by atoms with E-state index >= 15 is 0 Å². The highest BCUT2D eigenvalue weighted by Crippen LogP contribution is 2.21. The van der Waals surface area contributed by atoms with Gasteiger partial charge in [0.05, 0.1) is 12.7 Å². The lowest BCUT2D eigenvalue weighted by Crippen LogP contribution is -2.49. The Balaban J connectivity index is 2.00. The fourth-order valence-corrected chi connectivity index (χ4v) is 2.54. The molecule has 0 amide bonds. The molecule has 1 aliphatic rings. The third-order valence-corrected chi connectivity index (χ3v) is 3.91. The largest absolute Gasteiger partial charge is 0.376 e. The highest BCUT2D eigenvalue weighted by Gasteiger charge is 2.26. The summed E-state index contributed by atoms with van der Waals surface area (Å²) in [5, 5.41) is 0. The third kappa shape index (κ3) is 3.10. The number of benzene rings is 1. The summed E-state index contributed by atoms with van der Waals surface area (Å²) in [5.74, 6) is 0. The molecular weight excluding hydrogens is 224 g/mol. The molecule has 100 valence electrons. The predicted molar refractivity (Wildman–Crippen MR) is 74.4 cm³/mol. The van der Waals surface area contributed by atoms with Crippen molar-refractivity contribution in [2.45, 2.75) is 38.5 Å². The van der Waals surface area contributed by atoms with Gasteiger partial charge in [-0.2, -0.15) is 0 Å². The standard InChI is InChI=1S/C15H24N2O/c1-3-14-11-17(9-10-18-14)12(2)15(16)13-7-5-4-6-8-13/h4-8,12,14-15H,3,9-11,16H2,1-2H3. The highest BCUT2D eigenvalue weighted by molar-refractivity contribution is 5.20. The van der Waals surface area contributed by atoms with Crippen LogP contribution in [0.2, 0.25) is 0 Å². The molecule has 1 saturated heterocycles. The van der Waals surface area contributed by atoms with E-state index in [9.17, 15) is 0 Å². The number of hydrogen-bond acceptors (Lipinski definition) is 3. The van der Waals surface area contributed by atoms with Crippen molar-refractivity contribution in [3.05, 3.63) is 35.9 Å². The molecule has 1 fully saturated rings. The molecule has 1 heterocycles. The van der Waals surface area contributed by atoms with Gasteiger partial charge in [-0.25, -0.2) is 0 Å². The van der Waals surface area contributed by atoms with E-state index in [4.69, 9.17) is 10.5 Å². The van der Waals surface area contributed by atoms with Gasteiger partial charge in [0.2, 0.25) is 0 Å². The second kappa shape index (κ2) is 6.32. The van der Waals surface area contributed by atoms with Crippen LogP contribution in [0.15, 0.2) is 30.3 Å². The highest BCUT2D eigenvalue weighted by atomic mass is 16.5. The van der Waals surface area contributed by atoms with Crippen LogP contribution in [0.4, 0.5) is 0 Å². The summed E-state index contributed by atoms with van der Waals surface area (Å²) in [6, 6.07) is 10.8. The maximum atomic E-state index is 6.37. The van der Waals surface area contributed by atoms with Crippen LogP contribution in [0.25, 0.3) is 0 Å². The molecule has 0 aromatic heterocycles. The molecule has 3 heteroatoms. The Kier molecular flexibility index (Phi) is 4.75. The minimum Gasteiger partial charge on any atom is -0.376 e. The smallest absolute Gasteiger partial charge is 0.0700 e. The molecule has 2 rings (SSSR count). The second-order valence-electron chi connectivity index (χ2n) is 5.07. The van der Waals surface area contributed by atoms with Crippen LogP contribution in [0.3, 0.4) is 0 Å². The van der Waals surface area contributed by atoms with Gasteiger partial charge in [-0.05, 0) is 18.9 Å². The van der Waals surface area contributed by atoms with Crippen LogP contribution >= 0.6 is 0 Å². The molecule has 3 unspecified atom stereocenters. The van der Waals surface area contributed by atoms with Crippen LogP contribution in [0, 0.1) is 0 Å². The van der Waals surface area contributed by atoms with Crippen molar-refractivity contribution in [2.75, 3.05) is 19.7 Å². The molecular formula is C15H24N2O. The van der Waals surface area contributed by atoms with Gasteiger partial charge in [-0.3, -0.25) is 4.90 Å². The van der Waals surface area contributed by atoms with Crippen molar-refractivity contribution in [3.8, 4) is 0 Å². The third-order valence-electron chi connectivity index (χ3n) is 3.91. The van der Waals surface area contributed by atoms with Gasteiger partial charge in [0.25, 0.3) is 0 Å². The van der Waals surface area contributed by atoms with Crippen molar-refractivity contribution in [1.29, 1.82) is 0 Å². The maximum absolute atomic E-state index is 6.37. The topological polar surface area (TPSA) is 38.5 Å². The van der Waals surface area contributed by atoms with Crippen molar-refractivity contribution >= 4 is 0 Å². The summed E-state index contributed by atoms with van der Waals surface area (Å²) in [6.45, 7) is 7.20. The minimum absolute atomic E-state index is 0.0711. The Morgan fingerprint density at radius 1 is 1.39 bits per heavy atom. The van der Waals surface area contributed by atoms with Crippen LogP contribution < -0.4 is 5.73 Å². The molecule has 3 atom stereocenters. The van der Waals surface area contributed by atoms with Gasteiger partial charge >= 0.3 is 0 Å². The molecule has 3 nitrogen and oxygen atoms in total. The molecule has 1 aromatic rings. The predicted octanol–water partition coefficient (Wildman–Crippen LogP) is 2.19. The fraction of sp³-hybridized carbons (Fsp3) is 0.600. The summed E-state index contributed by atoms with van der Waals surface area (Å²) < 4.78 is 5.71. The van der Waals surface area contributed by atoms with Crippen molar-refractivity contribution in [3.63, 3.8) is 0 Å². The van der Waals surface area contributed by atoms with Gasteiger partial charge in [0.1, 0.15) is 0 Å². The minimum atomic E-state index is 0.0711. The number of ether oxygens (including phenoxy) is 1. The van der Waals surface area contributed by atoms with Gasteiger partial charge in [0, 0.05) is 25.2 Å². The molecule has 1 aliphatic heterocycles. The van der Waals surface area contributed by atoms with Crippen molar-refractivity contribution in [2.24, 2.45) is 5.73 Å². The van der Waals surface area contributed by atoms with Crippen LogP contribution in [-0.4, -0.2) is 36.7 Å². The lowest BCUT2D eigenvalue weighted by molar-refractivity contribution is -0.0452. The first-order valence-corrected chi connectivity index (χ1v) is 6.88. The van der Waals surface area contributed by atoms with Gasteiger partial charge in [-0.15, -0.1) is 0 Å². The normalized spacial score (nSPS) is 24.7. The summed E-state index contributed by atoms with van der Waals surface area (Å²) >= 11 is 0. The van der Waals surface area contributed by atoms with Crippen molar-refractivity contribution < 1.29 is 4.74 Å². The van der Waals surface area contributed by atoms with Crippen LogP contribution in [0.5, 0.6) is 0 Å². The van der Waals surface area contributed by atoms with Crippen LogP contribution in [-0.2, 0) is 4.74 Å². The number of hydrogen-bond donors (Lipinski definition) is 1. The van der Waals surface area contributed by atoms with E-state index in [0.29, 0.717) is 12.1 Å². The van der Waals surface area contributed by atoms with E-state index in [0.717, 1.165) is 26.1 Å². The first-order valence-electron chi connectivity index (χ1n) is 6.88. The molecule has 2 N–H and O–H groups in total. The van der Waals surface area contributed by atoms with E-state index < -0.39 is 0 Å². The van der Waals surface area contributed by atoms with Gasteiger partial charge in [-0.1, -0.05) is 37.3 Å². The lowest BCUT2D eigenvalue weighted by atomic mass is 9.99. The average Bonchev–Trinajstić information content (AvgIpc) is 2.46. The van der Waals surface area contributed by atoms with E-state index in [-0.39, 0.29) is 6.04 Å². The number of nitrogens with two attached hydrogens (primary N) is 1. The number of nitrogens with zero attached hydrogens (tertiary/aromatic N) is 1. The van der Waals surface area contributed by atoms with Crippen molar-refractivity contribution in [1.82, 2.24) is 4.90 Å². The quantitative estimate of drug-likeness (QED) is 0.887. The second-order valence-corrected chi connectivity index (χ2v) is 5.07. The zero-order chi connectivity index (χ0) is 13.0. The SMILES string of the molecule is CCC1CN(C(C)C(N)c2ccccc2)CCO1. The first-order chi connectivity index (χ1) is 8.72. The monoisotopic (exact) mass is 248 g/mol. The Morgan fingerprint density at radius 2 is 2.11 bits per heavy atom. The molecule has 0 saturated carbocycles. The molecule has 0 aliphatic carbocycles. The van der Waals surface area contributed by atoms with E-state index in [1.54, 1.807) is 0 Å². The molecule has 0 bridgehead atoms. The number of rotatable bonds is 4. The Hall–Kier alpha value is -0.900. The van der Waals surface area contributed by atoms with Gasteiger partial charge in [0.15, 0.2) is 0 Å². The average molecular weight is 248 g/mol. The Labute approximate surface area is 110 Å². The van der Waals surface area contributed by atoms with E-state index in [2.05, 4.69) is 43.0 Å². The summed E-state index contributed by atoms with van der Waals surface area (Å²) in [4.78, 5) is 2.45. The molecule has 18 heavy (non-hydrogen) atoms. The number of morpholine rings is 1. The molecule has 0 spiro atoms. The molecule has 1 aromatic carbocycles. The fourth-order valence-electron chi connectivity index (χ4n) is 2.54. The maximum Gasteiger partial charge on any atom is 0.0700 e. The van der Waals surface area contributed by atoms with E-state index in [1.807, 2.05) is 6.07 Å². The summed E-state index contributed by atoms with van der Waals surface area (Å²) in [5.41, 5.74) is 7.59. The Bertz CT molecular complexity index is 355. The summed E-state index contributed by atoms with van der Waals surface area (Å²) in [6.07, 6.45) is 1.44. The van der Waals surface area contributed by atoms with E-state index in [1.165, 1.54) is 5.56 Å².